The molecule has 2 aromatic rings. The maximum absolute atomic E-state index is 13.4. The van der Waals surface area contributed by atoms with Crippen LogP contribution < -0.4 is 9.30 Å². The van der Waals surface area contributed by atoms with E-state index in [0.29, 0.717) is 30.9 Å². The molecule has 6 nitrogen and oxygen atoms in total. The smallest absolute Gasteiger partial charge is 0.349 e. The fourth-order valence-corrected chi connectivity index (χ4v) is 3.83. The molecule has 6 heteroatoms. The lowest BCUT2D eigenvalue weighted by atomic mass is 10.0. The third-order valence-electron chi connectivity index (χ3n) is 5.13. The lowest BCUT2D eigenvalue weighted by molar-refractivity contribution is -0.670. The highest BCUT2D eigenvalue weighted by Gasteiger charge is 2.39. The molecule has 0 N–H and O–H groups in total. The van der Waals surface area contributed by atoms with Crippen molar-refractivity contribution in [3.05, 3.63) is 59.6 Å². The van der Waals surface area contributed by atoms with Gasteiger partial charge in [-0.2, -0.15) is 0 Å². The molecular weight excluding hydrogens is 342 g/mol. The van der Waals surface area contributed by atoms with Crippen molar-refractivity contribution in [3.63, 3.8) is 0 Å². The van der Waals surface area contributed by atoms with Gasteiger partial charge in [-0.3, -0.25) is 9.59 Å². The first kappa shape index (κ1) is 17.3. The van der Waals surface area contributed by atoms with Crippen molar-refractivity contribution in [2.24, 2.45) is 0 Å². The number of aryl methyl sites for hydroxylation is 2. The number of imide groups is 1. The minimum atomic E-state index is -0.304. The Morgan fingerprint density at radius 3 is 2.78 bits per heavy atom. The summed E-state index contributed by atoms with van der Waals surface area (Å²) in [6.45, 7) is 5.23. The fraction of sp³-hybridized carbons (Fsp3) is 0.286. The largest absolute Gasteiger partial charge is 0.497 e. The number of hydrogen-bond donors (Lipinski definition) is 0. The van der Waals surface area contributed by atoms with Crippen LogP contribution in [-0.2, 0) is 17.9 Å². The second kappa shape index (κ2) is 6.54. The van der Waals surface area contributed by atoms with Crippen LogP contribution in [0.5, 0.6) is 5.75 Å². The van der Waals surface area contributed by atoms with Crippen molar-refractivity contribution in [1.29, 1.82) is 0 Å². The van der Waals surface area contributed by atoms with E-state index in [1.54, 1.807) is 19.4 Å². The lowest BCUT2D eigenvalue weighted by Gasteiger charge is -2.11. The molecule has 2 amide bonds. The van der Waals surface area contributed by atoms with Gasteiger partial charge in [0.05, 0.1) is 20.2 Å². The summed E-state index contributed by atoms with van der Waals surface area (Å²) in [5.41, 5.74) is 3.36. The average molecular weight is 364 g/mol. The van der Waals surface area contributed by atoms with Gasteiger partial charge in [-0.05, 0) is 44.1 Å². The summed E-state index contributed by atoms with van der Waals surface area (Å²) in [4.78, 5) is 27.5. The van der Waals surface area contributed by atoms with Crippen LogP contribution in [0.2, 0.25) is 0 Å². The summed E-state index contributed by atoms with van der Waals surface area (Å²) in [5, 5.41) is 0. The van der Waals surface area contributed by atoms with Crippen molar-refractivity contribution in [3.8, 4) is 5.75 Å². The van der Waals surface area contributed by atoms with E-state index in [4.69, 9.17) is 4.74 Å². The minimum absolute atomic E-state index is 0.257. The van der Waals surface area contributed by atoms with Gasteiger partial charge in [0.1, 0.15) is 5.75 Å². The maximum Gasteiger partial charge on any atom is 0.349 e. The molecule has 1 aromatic heterocycles. The lowest BCUT2D eigenvalue weighted by Crippen LogP contribution is -2.44. The van der Waals surface area contributed by atoms with Gasteiger partial charge in [-0.25, -0.2) is 14.0 Å². The van der Waals surface area contributed by atoms with Crippen LogP contribution in [0.3, 0.4) is 0 Å². The Balaban J connectivity index is 1.87. The molecule has 138 valence electrons. The van der Waals surface area contributed by atoms with Crippen LogP contribution in [0, 0.1) is 0 Å². The predicted molar refractivity (Wildman–Crippen MR) is 101 cm³/mol. The second-order valence-electron chi connectivity index (χ2n) is 6.51. The van der Waals surface area contributed by atoms with Gasteiger partial charge in [0.15, 0.2) is 11.0 Å². The first-order chi connectivity index (χ1) is 13.1. The number of carbonyl (C=O) groups is 2. The molecule has 1 aliphatic carbocycles. The summed E-state index contributed by atoms with van der Waals surface area (Å²) in [6.07, 6.45) is 7.97. The maximum atomic E-state index is 13.4. The summed E-state index contributed by atoms with van der Waals surface area (Å²) in [5.74, 6) is 0.674. The quantitative estimate of drug-likeness (QED) is 0.619. The molecule has 2 aliphatic rings. The topological polar surface area (TPSA) is 55.4 Å². The molecule has 0 atom stereocenters. The van der Waals surface area contributed by atoms with Gasteiger partial charge in [-0.15, -0.1) is 0 Å². The van der Waals surface area contributed by atoms with E-state index in [0.717, 1.165) is 22.4 Å². The van der Waals surface area contributed by atoms with E-state index in [1.807, 2.05) is 53.3 Å². The molecule has 2 heterocycles. The molecule has 0 saturated carbocycles. The Morgan fingerprint density at radius 1 is 1.30 bits per heavy atom. The number of benzene rings is 1. The van der Waals surface area contributed by atoms with Crippen molar-refractivity contribution in [2.75, 3.05) is 7.11 Å². The highest BCUT2D eigenvalue weighted by Crippen LogP contribution is 2.30. The van der Waals surface area contributed by atoms with Crippen molar-refractivity contribution in [1.82, 2.24) is 9.47 Å². The molecule has 1 aromatic carbocycles. The Hall–Kier alpha value is -3.15. The van der Waals surface area contributed by atoms with Crippen LogP contribution in [0.1, 0.15) is 30.9 Å². The second-order valence-corrected chi connectivity index (χ2v) is 6.51. The normalized spacial score (nSPS) is 15.8. The highest BCUT2D eigenvalue weighted by molar-refractivity contribution is 6.14. The van der Waals surface area contributed by atoms with Crippen molar-refractivity contribution < 1.29 is 18.9 Å². The number of rotatable bonds is 4. The molecule has 0 bridgehead atoms. The summed E-state index contributed by atoms with van der Waals surface area (Å²) in [6, 6.07) is 5.77. The van der Waals surface area contributed by atoms with Crippen LogP contribution in [0.4, 0.5) is 0 Å². The van der Waals surface area contributed by atoms with Crippen LogP contribution in [0.25, 0.3) is 11.0 Å². The third kappa shape index (κ3) is 2.51. The van der Waals surface area contributed by atoms with E-state index in [-0.39, 0.29) is 11.8 Å². The van der Waals surface area contributed by atoms with Gasteiger partial charge in [-0.1, -0.05) is 12.2 Å². The van der Waals surface area contributed by atoms with E-state index in [1.165, 1.54) is 4.90 Å². The molecule has 27 heavy (non-hydrogen) atoms. The summed E-state index contributed by atoms with van der Waals surface area (Å²) < 4.78 is 9.26. The molecule has 0 saturated heterocycles. The van der Waals surface area contributed by atoms with Crippen LogP contribution >= 0.6 is 0 Å². The number of nitrogens with zero attached hydrogens (tertiary/aromatic N) is 3. The zero-order chi connectivity index (χ0) is 19.1. The summed E-state index contributed by atoms with van der Waals surface area (Å²) >= 11 is 0. The van der Waals surface area contributed by atoms with E-state index >= 15 is 0 Å². The number of ether oxygens (including phenoxy) is 1. The number of allylic oxidation sites excluding steroid dienone is 3. The molecule has 4 rings (SSSR count). The summed E-state index contributed by atoms with van der Waals surface area (Å²) in [7, 11) is 1.62. The monoisotopic (exact) mass is 364 g/mol. The van der Waals surface area contributed by atoms with E-state index in [9.17, 15) is 9.59 Å². The molecule has 1 aliphatic heterocycles. The Morgan fingerprint density at radius 2 is 2.11 bits per heavy atom. The minimum Gasteiger partial charge on any atom is -0.497 e. The third-order valence-corrected chi connectivity index (χ3v) is 5.13. The van der Waals surface area contributed by atoms with Gasteiger partial charge in [0, 0.05) is 17.8 Å². The zero-order valence-electron chi connectivity index (χ0n) is 15.7. The van der Waals surface area contributed by atoms with Crippen molar-refractivity contribution >= 4 is 22.8 Å². The van der Waals surface area contributed by atoms with E-state index < -0.39 is 0 Å². The van der Waals surface area contributed by atoms with Crippen LogP contribution in [0.15, 0.2) is 53.8 Å². The number of imidazole rings is 1. The zero-order valence-corrected chi connectivity index (χ0v) is 15.7. The molecule has 0 fully saturated rings. The number of methoxy groups -OCH3 is 1. The predicted octanol–water partition coefficient (Wildman–Crippen LogP) is 2.73. The van der Waals surface area contributed by atoms with E-state index in [2.05, 4.69) is 0 Å². The first-order valence-electron chi connectivity index (χ1n) is 9.16. The van der Waals surface area contributed by atoms with Crippen LogP contribution in [-0.4, -0.2) is 28.4 Å². The Bertz CT molecular complexity index is 1060. The number of hydrogen-bond acceptors (Lipinski definition) is 3. The standard InChI is InChI=1S/C21H22N3O3/c1-4-22-17-11-10-15(27-3)12-18(17)23(5-2)19(22)21(26)24-13-14-8-6-7-9-16(14)20(24)25/h6-7,9-13H,4-5,8H2,1-3H3/q+1. The number of amides is 2. The Kier molecular flexibility index (Phi) is 4.18. The number of fused-ring (bicyclic) bond motifs is 2. The average Bonchev–Trinajstić information content (AvgIpc) is 3.21. The number of aromatic nitrogens is 2. The molecule has 0 unspecified atom stereocenters. The van der Waals surface area contributed by atoms with Crippen molar-refractivity contribution in [2.45, 2.75) is 33.4 Å². The Labute approximate surface area is 157 Å². The molecular formula is C21H22N3O3+. The molecule has 0 radical (unpaired) electrons. The highest BCUT2D eigenvalue weighted by atomic mass is 16.5. The first-order valence-corrected chi connectivity index (χ1v) is 9.16. The molecule has 0 spiro atoms. The van der Waals surface area contributed by atoms with Gasteiger partial charge >= 0.3 is 11.7 Å². The van der Waals surface area contributed by atoms with Gasteiger partial charge in [0.25, 0.3) is 5.91 Å². The van der Waals surface area contributed by atoms with Gasteiger partial charge in [0.2, 0.25) is 0 Å². The fourth-order valence-electron chi connectivity index (χ4n) is 3.83. The SMILES string of the molecule is CCn1c(C(=O)N2C=C3CC=CC=C3C2=O)[n+](CC)c2ccc(OC)cc21. The van der Waals surface area contributed by atoms with Gasteiger partial charge < -0.3 is 4.74 Å². The number of carbonyl (C=O) groups excluding carboxylic acids is 2.